The molecule has 2 heterocycles. The quantitative estimate of drug-likeness (QED) is 0.317. The van der Waals surface area contributed by atoms with Crippen LogP contribution in [-0.2, 0) is 9.59 Å². The van der Waals surface area contributed by atoms with E-state index in [0.717, 1.165) is 11.4 Å². The van der Waals surface area contributed by atoms with Gasteiger partial charge in [-0.2, -0.15) is 10.2 Å². The zero-order valence-electron chi connectivity index (χ0n) is 13.2. The molecule has 0 bridgehead atoms. The molecular weight excluding hydrogens is 308 g/mol. The molecule has 0 aromatic carbocycles. The van der Waals surface area contributed by atoms with E-state index in [0.29, 0.717) is 25.7 Å². The lowest BCUT2D eigenvalue weighted by Gasteiger charge is -2.00. The first-order valence-corrected chi connectivity index (χ1v) is 7.64. The van der Waals surface area contributed by atoms with Gasteiger partial charge in [-0.1, -0.05) is 0 Å². The Balaban J connectivity index is 1.52. The minimum absolute atomic E-state index is 0.178. The van der Waals surface area contributed by atoms with Crippen LogP contribution in [0.2, 0.25) is 0 Å². The van der Waals surface area contributed by atoms with Gasteiger partial charge in [0, 0.05) is 25.2 Å². The van der Waals surface area contributed by atoms with Crippen LogP contribution in [-0.4, -0.2) is 34.2 Å². The molecule has 0 fully saturated rings. The van der Waals surface area contributed by atoms with Crippen LogP contribution in [0.4, 0.5) is 0 Å². The van der Waals surface area contributed by atoms with E-state index in [-0.39, 0.29) is 11.8 Å². The van der Waals surface area contributed by atoms with Gasteiger partial charge in [0.2, 0.25) is 11.8 Å². The monoisotopic (exact) mass is 328 g/mol. The molecule has 0 spiro atoms. The van der Waals surface area contributed by atoms with Gasteiger partial charge in [0.1, 0.15) is 0 Å². The molecule has 8 heteroatoms. The van der Waals surface area contributed by atoms with E-state index >= 15 is 0 Å². The van der Waals surface area contributed by atoms with Crippen LogP contribution in [0.1, 0.15) is 37.1 Å². The third-order valence-electron chi connectivity index (χ3n) is 3.09. The van der Waals surface area contributed by atoms with Crippen LogP contribution in [0.5, 0.6) is 0 Å². The molecule has 2 aromatic rings. The second kappa shape index (κ2) is 9.78. The van der Waals surface area contributed by atoms with E-state index in [1.807, 2.05) is 24.3 Å². The lowest BCUT2D eigenvalue weighted by molar-refractivity contribution is -0.123. The number of hydrazone groups is 2. The van der Waals surface area contributed by atoms with Crippen LogP contribution in [0, 0.1) is 0 Å². The zero-order valence-corrected chi connectivity index (χ0v) is 13.2. The molecule has 2 aromatic heterocycles. The summed E-state index contributed by atoms with van der Waals surface area (Å²) in [5.74, 6) is -0.356. The molecule has 2 rings (SSSR count). The van der Waals surface area contributed by atoms with Gasteiger partial charge in [-0.3, -0.25) is 9.59 Å². The first-order chi connectivity index (χ1) is 11.7. The summed E-state index contributed by atoms with van der Waals surface area (Å²) < 4.78 is 0. The molecular formula is C16H20N6O2. The van der Waals surface area contributed by atoms with Gasteiger partial charge in [-0.25, -0.2) is 10.9 Å². The maximum Gasteiger partial charge on any atom is 0.240 e. The number of unbranched alkanes of at least 4 members (excludes halogenated alkanes) is 1. The number of nitrogens with zero attached hydrogens (tertiary/aromatic N) is 2. The highest BCUT2D eigenvalue weighted by Gasteiger charge is 2.03. The highest BCUT2D eigenvalue weighted by atomic mass is 16.2. The van der Waals surface area contributed by atoms with Crippen LogP contribution in [0.3, 0.4) is 0 Å². The minimum Gasteiger partial charge on any atom is -0.360 e. The van der Waals surface area contributed by atoms with E-state index in [4.69, 9.17) is 0 Å². The summed E-state index contributed by atoms with van der Waals surface area (Å²) in [6, 6.07) is 7.37. The number of carbonyl (C=O) groups excluding carboxylic acids is 2. The first kappa shape index (κ1) is 17.2. The topological polar surface area (TPSA) is 114 Å². The second-order valence-electron chi connectivity index (χ2n) is 5.04. The Kier molecular flexibility index (Phi) is 7.00. The van der Waals surface area contributed by atoms with Crippen LogP contribution in [0.15, 0.2) is 46.9 Å². The maximum atomic E-state index is 11.6. The Labute approximate surface area is 139 Å². The molecule has 0 saturated carbocycles. The van der Waals surface area contributed by atoms with Crippen molar-refractivity contribution in [2.24, 2.45) is 10.2 Å². The van der Waals surface area contributed by atoms with Crippen molar-refractivity contribution in [3.63, 3.8) is 0 Å². The smallest absolute Gasteiger partial charge is 0.240 e. The average molecular weight is 328 g/mol. The van der Waals surface area contributed by atoms with Gasteiger partial charge in [0.25, 0.3) is 0 Å². The second-order valence-corrected chi connectivity index (χ2v) is 5.04. The van der Waals surface area contributed by atoms with Crippen molar-refractivity contribution >= 4 is 24.2 Å². The fourth-order valence-electron chi connectivity index (χ4n) is 1.88. The van der Waals surface area contributed by atoms with Gasteiger partial charge < -0.3 is 9.97 Å². The van der Waals surface area contributed by atoms with Gasteiger partial charge in [0.05, 0.1) is 23.8 Å². The Morgan fingerprint density at radius 1 is 0.875 bits per heavy atom. The summed E-state index contributed by atoms with van der Waals surface area (Å²) >= 11 is 0. The minimum atomic E-state index is -0.178. The fraction of sp³-hybridized carbons (Fsp3) is 0.250. The van der Waals surface area contributed by atoms with Crippen molar-refractivity contribution in [1.29, 1.82) is 0 Å². The van der Waals surface area contributed by atoms with Crippen molar-refractivity contribution in [1.82, 2.24) is 20.8 Å². The normalized spacial score (nSPS) is 11.2. The SMILES string of the molecule is O=C(CCCCC(=O)N/N=C/c1ccc[nH]1)N/N=C/c1ccc[nH]1. The average Bonchev–Trinajstić information content (AvgIpc) is 3.25. The predicted molar refractivity (Wildman–Crippen MR) is 91.5 cm³/mol. The van der Waals surface area contributed by atoms with Crippen molar-refractivity contribution in [2.75, 3.05) is 0 Å². The maximum absolute atomic E-state index is 11.6. The molecule has 0 radical (unpaired) electrons. The Morgan fingerprint density at radius 3 is 1.71 bits per heavy atom. The van der Waals surface area contributed by atoms with E-state index < -0.39 is 0 Å². The summed E-state index contributed by atoms with van der Waals surface area (Å²) in [5, 5.41) is 7.67. The largest absolute Gasteiger partial charge is 0.360 e. The molecule has 0 unspecified atom stereocenters. The summed E-state index contributed by atoms with van der Waals surface area (Å²) in [6.07, 6.45) is 8.48. The lowest BCUT2D eigenvalue weighted by atomic mass is 10.2. The molecule has 0 aliphatic carbocycles. The van der Waals surface area contributed by atoms with Gasteiger partial charge in [-0.15, -0.1) is 0 Å². The van der Waals surface area contributed by atoms with E-state index in [1.165, 1.54) is 12.4 Å². The standard InChI is InChI=1S/C16H20N6O2/c23-15(21-19-11-13-5-3-9-17-13)7-1-2-8-16(24)22-20-12-14-6-4-10-18-14/h3-6,9-12,17-18H,1-2,7-8H2,(H,21,23)(H,22,24)/b19-11+,20-12+. The van der Waals surface area contributed by atoms with Crippen LogP contribution >= 0.6 is 0 Å². The number of carbonyl (C=O) groups is 2. The Bertz CT molecular complexity index is 613. The number of nitrogens with one attached hydrogen (secondary N) is 4. The molecule has 0 saturated heterocycles. The van der Waals surface area contributed by atoms with Gasteiger partial charge >= 0.3 is 0 Å². The molecule has 4 N–H and O–H groups in total. The number of hydrogen-bond donors (Lipinski definition) is 4. The highest BCUT2D eigenvalue weighted by molar-refractivity contribution is 5.81. The number of rotatable bonds is 9. The third kappa shape index (κ3) is 6.73. The van der Waals surface area contributed by atoms with Crippen LogP contribution < -0.4 is 10.9 Å². The van der Waals surface area contributed by atoms with Crippen molar-refractivity contribution in [3.05, 3.63) is 48.0 Å². The third-order valence-corrected chi connectivity index (χ3v) is 3.09. The Hall–Kier alpha value is -3.16. The van der Waals surface area contributed by atoms with Gasteiger partial charge in [-0.05, 0) is 37.1 Å². The number of amides is 2. The summed E-state index contributed by atoms with van der Waals surface area (Å²) in [6.45, 7) is 0. The molecule has 2 amide bonds. The highest BCUT2D eigenvalue weighted by Crippen LogP contribution is 2.00. The first-order valence-electron chi connectivity index (χ1n) is 7.64. The molecule has 24 heavy (non-hydrogen) atoms. The Morgan fingerprint density at radius 2 is 1.33 bits per heavy atom. The van der Waals surface area contributed by atoms with Crippen molar-refractivity contribution < 1.29 is 9.59 Å². The van der Waals surface area contributed by atoms with Crippen molar-refractivity contribution in [3.8, 4) is 0 Å². The van der Waals surface area contributed by atoms with E-state index in [2.05, 4.69) is 31.0 Å². The van der Waals surface area contributed by atoms with E-state index in [9.17, 15) is 9.59 Å². The summed E-state index contributed by atoms with van der Waals surface area (Å²) in [5.41, 5.74) is 6.51. The number of hydrogen-bond acceptors (Lipinski definition) is 4. The van der Waals surface area contributed by atoms with Crippen LogP contribution in [0.25, 0.3) is 0 Å². The summed E-state index contributed by atoms with van der Waals surface area (Å²) in [7, 11) is 0. The molecule has 0 atom stereocenters. The molecule has 126 valence electrons. The predicted octanol–water partition coefficient (Wildman–Crippen LogP) is 1.50. The molecule has 0 aliphatic rings. The van der Waals surface area contributed by atoms with Gasteiger partial charge in [0.15, 0.2) is 0 Å². The lowest BCUT2D eigenvalue weighted by Crippen LogP contribution is -2.19. The number of H-pyrrole nitrogens is 2. The molecule has 8 nitrogen and oxygen atoms in total. The molecule has 0 aliphatic heterocycles. The number of aromatic nitrogens is 2. The fourth-order valence-corrected chi connectivity index (χ4v) is 1.88. The number of aromatic amines is 2. The summed E-state index contributed by atoms with van der Waals surface area (Å²) in [4.78, 5) is 29.0. The van der Waals surface area contributed by atoms with Crippen molar-refractivity contribution in [2.45, 2.75) is 25.7 Å². The zero-order chi connectivity index (χ0) is 17.0. The van der Waals surface area contributed by atoms with E-state index in [1.54, 1.807) is 12.4 Å².